The summed E-state index contributed by atoms with van der Waals surface area (Å²) in [5, 5.41) is 2.77. The van der Waals surface area contributed by atoms with Gasteiger partial charge in [-0.1, -0.05) is 0 Å². The van der Waals surface area contributed by atoms with E-state index in [0.29, 0.717) is 31.7 Å². The number of halogens is 1. The van der Waals surface area contributed by atoms with E-state index in [1.165, 1.54) is 6.26 Å². The van der Waals surface area contributed by atoms with Crippen LogP contribution >= 0.6 is 11.6 Å². The summed E-state index contributed by atoms with van der Waals surface area (Å²) in [7, 11) is 0. The van der Waals surface area contributed by atoms with Crippen LogP contribution in [0.4, 0.5) is 4.79 Å². The number of amides is 2. The van der Waals surface area contributed by atoms with Crippen molar-refractivity contribution in [2.24, 2.45) is 0 Å². The van der Waals surface area contributed by atoms with Crippen LogP contribution in [0.25, 0.3) is 0 Å². The van der Waals surface area contributed by atoms with Gasteiger partial charge in [0, 0.05) is 19.1 Å². The van der Waals surface area contributed by atoms with Gasteiger partial charge in [0.2, 0.25) is 0 Å². The summed E-state index contributed by atoms with van der Waals surface area (Å²) in [6.45, 7) is 1.36. The van der Waals surface area contributed by atoms with Gasteiger partial charge in [-0.3, -0.25) is 4.79 Å². The number of furan rings is 1. The van der Waals surface area contributed by atoms with Gasteiger partial charge in [-0.05, 0) is 25.0 Å². The molecule has 20 heavy (non-hydrogen) atoms. The highest BCUT2D eigenvalue weighted by Gasteiger charge is 2.25. The van der Waals surface area contributed by atoms with Crippen molar-refractivity contribution in [1.82, 2.24) is 10.2 Å². The third kappa shape index (κ3) is 3.90. The highest BCUT2D eigenvalue weighted by atomic mass is 35.5. The number of piperidine rings is 1. The van der Waals surface area contributed by atoms with Crippen LogP contribution in [0.5, 0.6) is 0 Å². The lowest BCUT2D eigenvalue weighted by molar-refractivity contribution is 0.0670. The molecule has 1 saturated heterocycles. The summed E-state index contributed by atoms with van der Waals surface area (Å²) >= 11 is 5.43. The number of likely N-dealkylation sites (tertiary alicyclic amines) is 1. The number of carbonyl (C=O) groups excluding carboxylic acids is 2. The minimum absolute atomic E-state index is 0.0264. The molecule has 7 heteroatoms. The Morgan fingerprint density at radius 3 is 2.80 bits per heavy atom. The molecule has 1 fully saturated rings. The Kier molecular flexibility index (Phi) is 5.29. The highest BCUT2D eigenvalue weighted by molar-refractivity contribution is 6.18. The normalized spacial score (nSPS) is 15.9. The van der Waals surface area contributed by atoms with Gasteiger partial charge >= 0.3 is 6.09 Å². The zero-order chi connectivity index (χ0) is 14.4. The molecule has 0 aromatic carbocycles. The predicted octanol–water partition coefficient (Wildman–Crippen LogP) is 1.85. The Balaban J connectivity index is 1.75. The molecule has 0 atom stereocenters. The first-order chi connectivity index (χ1) is 9.70. The molecule has 1 aliphatic rings. The molecule has 1 aromatic heterocycles. The summed E-state index contributed by atoms with van der Waals surface area (Å²) < 4.78 is 9.94. The molecule has 0 spiro atoms. The predicted molar refractivity (Wildman–Crippen MR) is 72.8 cm³/mol. The van der Waals surface area contributed by atoms with E-state index in [1.807, 2.05) is 0 Å². The molecule has 0 saturated carbocycles. The molecular formula is C13H17ClN2O4. The van der Waals surface area contributed by atoms with Gasteiger partial charge in [0.1, 0.15) is 6.61 Å². The summed E-state index contributed by atoms with van der Waals surface area (Å²) in [5.41, 5.74) is 0. The highest BCUT2D eigenvalue weighted by Crippen LogP contribution is 2.14. The maximum atomic E-state index is 12.0. The van der Waals surface area contributed by atoms with Gasteiger partial charge in [-0.25, -0.2) is 4.79 Å². The zero-order valence-electron chi connectivity index (χ0n) is 11.0. The Hall–Kier alpha value is -1.69. The Labute approximate surface area is 122 Å². The van der Waals surface area contributed by atoms with Crippen LogP contribution in [-0.2, 0) is 4.74 Å². The zero-order valence-corrected chi connectivity index (χ0v) is 11.8. The number of rotatable bonds is 4. The molecule has 1 N–H and O–H groups in total. The summed E-state index contributed by atoms with van der Waals surface area (Å²) in [4.78, 5) is 25.1. The first kappa shape index (κ1) is 14.7. The SMILES string of the molecule is O=C(NC1CCN(C(=O)c2ccco2)CC1)OCCCl. The average Bonchev–Trinajstić information content (AvgIpc) is 2.99. The second kappa shape index (κ2) is 7.19. The summed E-state index contributed by atoms with van der Waals surface area (Å²) in [6, 6.07) is 3.36. The molecule has 0 aliphatic carbocycles. The van der Waals surface area contributed by atoms with Gasteiger partial charge < -0.3 is 19.4 Å². The molecule has 110 valence electrons. The van der Waals surface area contributed by atoms with Gasteiger partial charge in [0.15, 0.2) is 5.76 Å². The van der Waals surface area contributed by atoms with Crippen molar-refractivity contribution in [3.63, 3.8) is 0 Å². The summed E-state index contributed by atoms with van der Waals surface area (Å²) in [5.74, 6) is 0.514. The number of hydrogen-bond donors (Lipinski definition) is 1. The van der Waals surface area contributed by atoms with E-state index in [-0.39, 0.29) is 24.4 Å². The molecule has 2 heterocycles. The monoisotopic (exact) mass is 300 g/mol. The fraction of sp³-hybridized carbons (Fsp3) is 0.538. The maximum absolute atomic E-state index is 12.0. The Morgan fingerprint density at radius 1 is 1.45 bits per heavy atom. The first-order valence-electron chi connectivity index (χ1n) is 6.52. The molecule has 2 amide bonds. The fourth-order valence-electron chi connectivity index (χ4n) is 2.12. The molecule has 0 bridgehead atoms. The molecule has 2 rings (SSSR count). The number of ether oxygens (including phenoxy) is 1. The topological polar surface area (TPSA) is 71.8 Å². The lowest BCUT2D eigenvalue weighted by atomic mass is 10.1. The number of alkyl halides is 1. The quantitative estimate of drug-likeness (QED) is 0.861. The number of alkyl carbamates (subject to hydrolysis) is 1. The molecule has 0 unspecified atom stereocenters. The van der Waals surface area contributed by atoms with Crippen LogP contribution in [-0.4, -0.2) is 48.5 Å². The lowest BCUT2D eigenvalue weighted by Gasteiger charge is -2.31. The van der Waals surface area contributed by atoms with Gasteiger partial charge in [-0.15, -0.1) is 11.6 Å². The van der Waals surface area contributed by atoms with Gasteiger partial charge in [0.25, 0.3) is 5.91 Å². The van der Waals surface area contributed by atoms with Gasteiger partial charge in [0.05, 0.1) is 12.1 Å². The van der Waals surface area contributed by atoms with Gasteiger partial charge in [-0.2, -0.15) is 0 Å². The third-order valence-electron chi connectivity index (χ3n) is 3.15. The van der Waals surface area contributed by atoms with E-state index < -0.39 is 6.09 Å². The van der Waals surface area contributed by atoms with E-state index >= 15 is 0 Å². The summed E-state index contributed by atoms with van der Waals surface area (Å²) in [6.07, 6.45) is 2.42. The van der Waals surface area contributed by atoms with Crippen molar-refractivity contribution in [2.75, 3.05) is 25.6 Å². The first-order valence-corrected chi connectivity index (χ1v) is 7.06. The Bertz CT molecular complexity index is 441. The van der Waals surface area contributed by atoms with Crippen LogP contribution in [0.3, 0.4) is 0 Å². The van der Waals surface area contributed by atoms with Crippen molar-refractivity contribution in [3.05, 3.63) is 24.2 Å². The molecule has 1 aromatic rings. The second-order valence-corrected chi connectivity index (χ2v) is 4.89. The standard InChI is InChI=1S/C13H17ClN2O4/c14-5-9-20-13(18)15-10-3-6-16(7-4-10)12(17)11-2-1-8-19-11/h1-2,8,10H,3-7,9H2,(H,15,18). The molecule has 0 radical (unpaired) electrons. The number of nitrogens with one attached hydrogen (secondary N) is 1. The largest absolute Gasteiger partial charge is 0.459 e. The van der Waals surface area contributed by atoms with Crippen molar-refractivity contribution < 1.29 is 18.7 Å². The van der Waals surface area contributed by atoms with Crippen LogP contribution in [0.1, 0.15) is 23.4 Å². The van der Waals surface area contributed by atoms with Crippen molar-refractivity contribution in [3.8, 4) is 0 Å². The third-order valence-corrected chi connectivity index (χ3v) is 3.30. The van der Waals surface area contributed by atoms with Crippen molar-refractivity contribution >= 4 is 23.6 Å². The van der Waals surface area contributed by atoms with E-state index in [1.54, 1.807) is 17.0 Å². The minimum Gasteiger partial charge on any atom is -0.459 e. The minimum atomic E-state index is -0.457. The number of nitrogens with zero attached hydrogens (tertiary/aromatic N) is 1. The van der Waals surface area contributed by atoms with E-state index in [4.69, 9.17) is 20.8 Å². The number of carbonyl (C=O) groups is 2. The van der Waals surface area contributed by atoms with Crippen LogP contribution in [0.15, 0.2) is 22.8 Å². The average molecular weight is 301 g/mol. The second-order valence-electron chi connectivity index (χ2n) is 4.51. The van der Waals surface area contributed by atoms with Crippen molar-refractivity contribution in [2.45, 2.75) is 18.9 Å². The number of hydrogen-bond acceptors (Lipinski definition) is 4. The van der Waals surface area contributed by atoms with E-state index in [9.17, 15) is 9.59 Å². The fourth-order valence-corrected chi connectivity index (χ4v) is 2.20. The maximum Gasteiger partial charge on any atom is 0.407 e. The van der Waals surface area contributed by atoms with Crippen LogP contribution in [0.2, 0.25) is 0 Å². The Morgan fingerprint density at radius 2 is 2.20 bits per heavy atom. The van der Waals surface area contributed by atoms with Crippen LogP contribution in [0, 0.1) is 0 Å². The molecule has 6 nitrogen and oxygen atoms in total. The van der Waals surface area contributed by atoms with E-state index in [0.717, 1.165) is 0 Å². The molecule has 1 aliphatic heterocycles. The van der Waals surface area contributed by atoms with E-state index in [2.05, 4.69) is 5.32 Å². The van der Waals surface area contributed by atoms with Crippen molar-refractivity contribution in [1.29, 1.82) is 0 Å². The molecular weight excluding hydrogens is 284 g/mol. The smallest absolute Gasteiger partial charge is 0.407 e. The lowest BCUT2D eigenvalue weighted by Crippen LogP contribution is -2.46. The van der Waals surface area contributed by atoms with Crippen LogP contribution < -0.4 is 5.32 Å².